The van der Waals surface area contributed by atoms with Crippen molar-refractivity contribution < 1.29 is 23.1 Å². The zero-order chi connectivity index (χ0) is 15.7. The van der Waals surface area contributed by atoms with Crippen LogP contribution in [0.2, 0.25) is 0 Å². The Labute approximate surface area is 120 Å². The van der Waals surface area contributed by atoms with E-state index in [1.54, 1.807) is 4.90 Å². The van der Waals surface area contributed by atoms with E-state index in [-0.39, 0.29) is 5.56 Å². The van der Waals surface area contributed by atoms with Crippen molar-refractivity contribution in [1.82, 2.24) is 10.2 Å². The summed E-state index contributed by atoms with van der Waals surface area (Å²) in [4.78, 5) is 13.4. The first-order valence-electron chi connectivity index (χ1n) is 6.64. The molecular formula is C14H17F3N2O2. The van der Waals surface area contributed by atoms with Gasteiger partial charge in [-0.3, -0.25) is 4.90 Å². The van der Waals surface area contributed by atoms with E-state index in [2.05, 4.69) is 5.32 Å². The first kappa shape index (κ1) is 15.8. The molecule has 1 aliphatic rings. The van der Waals surface area contributed by atoms with Gasteiger partial charge >= 0.3 is 12.1 Å². The van der Waals surface area contributed by atoms with Crippen LogP contribution in [-0.4, -0.2) is 42.2 Å². The zero-order valence-electron chi connectivity index (χ0n) is 11.6. The van der Waals surface area contributed by atoms with E-state index in [4.69, 9.17) is 0 Å². The highest BCUT2D eigenvalue weighted by atomic mass is 19.4. The zero-order valence-corrected chi connectivity index (χ0v) is 11.6. The van der Waals surface area contributed by atoms with Crippen molar-refractivity contribution in [1.29, 1.82) is 0 Å². The number of piperazine rings is 1. The van der Waals surface area contributed by atoms with Crippen LogP contribution in [0, 0.1) is 0 Å². The number of halogens is 3. The van der Waals surface area contributed by atoms with Crippen molar-refractivity contribution in [2.75, 3.05) is 26.2 Å². The first-order valence-corrected chi connectivity index (χ1v) is 6.64. The fourth-order valence-corrected chi connectivity index (χ4v) is 2.69. The van der Waals surface area contributed by atoms with Crippen molar-refractivity contribution in [3.05, 3.63) is 35.4 Å². The number of carbonyl (C=O) groups is 1. The van der Waals surface area contributed by atoms with Gasteiger partial charge in [0.2, 0.25) is 0 Å². The Hall–Kier alpha value is -1.60. The fraction of sp³-hybridized carbons (Fsp3) is 0.500. The van der Waals surface area contributed by atoms with E-state index in [0.29, 0.717) is 26.2 Å². The molecule has 7 heteroatoms. The van der Waals surface area contributed by atoms with Gasteiger partial charge in [0, 0.05) is 26.2 Å². The van der Waals surface area contributed by atoms with Gasteiger partial charge in [-0.15, -0.1) is 0 Å². The lowest BCUT2D eigenvalue weighted by molar-refractivity contribution is -0.154. The van der Waals surface area contributed by atoms with Crippen LogP contribution >= 0.6 is 0 Å². The first-order chi connectivity index (χ1) is 9.78. The van der Waals surface area contributed by atoms with Crippen LogP contribution in [0.3, 0.4) is 0 Å². The number of carboxylic acid groups (broad SMARTS) is 1. The van der Waals surface area contributed by atoms with Crippen molar-refractivity contribution >= 4 is 5.97 Å². The second-order valence-corrected chi connectivity index (χ2v) is 5.16. The molecule has 0 amide bonds. The predicted octanol–water partition coefficient (Wildman–Crippen LogP) is 1.91. The van der Waals surface area contributed by atoms with Crippen molar-refractivity contribution in [2.45, 2.75) is 18.6 Å². The van der Waals surface area contributed by atoms with Crippen LogP contribution in [-0.2, 0) is 16.5 Å². The largest absolute Gasteiger partial charge is 0.480 e. The van der Waals surface area contributed by atoms with E-state index >= 15 is 0 Å². The van der Waals surface area contributed by atoms with E-state index in [1.807, 2.05) is 0 Å². The number of alkyl halides is 3. The van der Waals surface area contributed by atoms with Crippen LogP contribution in [0.5, 0.6) is 0 Å². The summed E-state index contributed by atoms with van der Waals surface area (Å²) in [5.74, 6) is -1.28. The maximum absolute atomic E-state index is 13.2. The predicted molar refractivity (Wildman–Crippen MR) is 70.9 cm³/mol. The number of rotatable bonds is 3. The minimum absolute atomic E-state index is 0.216. The van der Waals surface area contributed by atoms with Crippen molar-refractivity contribution in [2.24, 2.45) is 0 Å². The summed E-state index contributed by atoms with van der Waals surface area (Å²) >= 11 is 0. The molecule has 0 spiro atoms. The lowest BCUT2D eigenvalue weighted by Gasteiger charge is -2.41. The topological polar surface area (TPSA) is 52.6 Å². The number of benzene rings is 1. The summed E-state index contributed by atoms with van der Waals surface area (Å²) in [5, 5.41) is 12.7. The Balaban J connectivity index is 2.55. The average molecular weight is 302 g/mol. The number of hydrogen-bond donors (Lipinski definition) is 2. The SMILES string of the molecule is CC(C(=O)O)(c1ccccc1C(F)(F)F)N1CCNCC1. The van der Waals surface area contributed by atoms with Gasteiger partial charge in [0.1, 0.15) is 5.54 Å². The second-order valence-electron chi connectivity index (χ2n) is 5.16. The highest BCUT2D eigenvalue weighted by Gasteiger charge is 2.47. The van der Waals surface area contributed by atoms with Crippen molar-refractivity contribution in [3.63, 3.8) is 0 Å². The maximum Gasteiger partial charge on any atom is 0.416 e. The van der Waals surface area contributed by atoms with Gasteiger partial charge < -0.3 is 10.4 Å². The van der Waals surface area contributed by atoms with Gasteiger partial charge in [-0.1, -0.05) is 18.2 Å². The Bertz CT molecular complexity index is 527. The summed E-state index contributed by atoms with van der Waals surface area (Å²) in [6.07, 6.45) is -4.58. The van der Waals surface area contributed by atoms with E-state index in [0.717, 1.165) is 6.07 Å². The third kappa shape index (κ3) is 2.89. The van der Waals surface area contributed by atoms with Gasteiger partial charge in [0.25, 0.3) is 0 Å². The van der Waals surface area contributed by atoms with Crippen LogP contribution in [0.15, 0.2) is 24.3 Å². The van der Waals surface area contributed by atoms with E-state index in [9.17, 15) is 23.1 Å². The second kappa shape index (κ2) is 5.65. The number of nitrogens with one attached hydrogen (secondary N) is 1. The molecular weight excluding hydrogens is 285 g/mol. The van der Waals surface area contributed by atoms with Gasteiger partial charge in [-0.25, -0.2) is 4.79 Å². The molecule has 1 aromatic carbocycles. The molecule has 1 aromatic rings. The molecule has 0 aromatic heterocycles. The monoisotopic (exact) mass is 302 g/mol. The normalized spacial score (nSPS) is 20.0. The molecule has 1 saturated heterocycles. The van der Waals surface area contributed by atoms with Crippen LogP contribution in [0.4, 0.5) is 13.2 Å². The van der Waals surface area contributed by atoms with Gasteiger partial charge in [-0.05, 0) is 18.6 Å². The van der Waals surface area contributed by atoms with Crippen molar-refractivity contribution in [3.8, 4) is 0 Å². The minimum Gasteiger partial charge on any atom is -0.480 e. The van der Waals surface area contributed by atoms with E-state index < -0.39 is 23.2 Å². The average Bonchev–Trinajstić information content (AvgIpc) is 2.46. The number of aliphatic carboxylic acids is 1. The molecule has 2 N–H and O–H groups in total. The molecule has 0 aliphatic carbocycles. The lowest BCUT2D eigenvalue weighted by Crippen LogP contribution is -2.57. The maximum atomic E-state index is 13.2. The highest BCUT2D eigenvalue weighted by Crippen LogP contribution is 2.39. The lowest BCUT2D eigenvalue weighted by atomic mass is 9.85. The van der Waals surface area contributed by atoms with Crippen LogP contribution < -0.4 is 5.32 Å². The molecule has 1 fully saturated rings. The molecule has 1 heterocycles. The molecule has 116 valence electrons. The molecule has 21 heavy (non-hydrogen) atoms. The molecule has 1 atom stereocenters. The molecule has 4 nitrogen and oxygen atoms in total. The summed E-state index contributed by atoms with van der Waals surface area (Å²) in [6.45, 7) is 3.21. The Morgan fingerprint density at radius 2 is 1.71 bits per heavy atom. The smallest absolute Gasteiger partial charge is 0.416 e. The van der Waals surface area contributed by atoms with Gasteiger partial charge in [-0.2, -0.15) is 13.2 Å². The molecule has 0 bridgehead atoms. The minimum atomic E-state index is -4.58. The quantitative estimate of drug-likeness (QED) is 0.895. The van der Waals surface area contributed by atoms with Crippen LogP contribution in [0.1, 0.15) is 18.1 Å². The molecule has 1 aliphatic heterocycles. The Morgan fingerprint density at radius 3 is 2.19 bits per heavy atom. The third-order valence-corrected chi connectivity index (χ3v) is 3.92. The van der Waals surface area contributed by atoms with Gasteiger partial charge in [0.15, 0.2) is 0 Å². The summed E-state index contributed by atoms with van der Waals surface area (Å²) in [6, 6.07) is 4.89. The number of carboxylic acids is 1. The van der Waals surface area contributed by atoms with Gasteiger partial charge in [0.05, 0.1) is 5.56 Å². The molecule has 1 unspecified atom stereocenters. The Morgan fingerprint density at radius 1 is 1.19 bits per heavy atom. The summed E-state index contributed by atoms with van der Waals surface area (Å²) < 4.78 is 39.6. The highest BCUT2D eigenvalue weighted by molar-refractivity contribution is 5.81. The molecule has 0 saturated carbocycles. The number of hydrogen-bond acceptors (Lipinski definition) is 3. The third-order valence-electron chi connectivity index (χ3n) is 3.92. The standard InChI is InChI=1S/C14H17F3N2O2/c1-13(12(20)21,19-8-6-18-7-9-19)10-4-2-3-5-11(10)14(15,16)17/h2-5,18H,6-9H2,1H3,(H,20,21). The van der Waals surface area contributed by atoms with E-state index in [1.165, 1.54) is 25.1 Å². The molecule has 0 radical (unpaired) electrons. The summed E-state index contributed by atoms with van der Waals surface area (Å²) in [5.41, 5.74) is -2.81. The summed E-state index contributed by atoms with van der Waals surface area (Å²) in [7, 11) is 0. The van der Waals surface area contributed by atoms with Crippen LogP contribution in [0.25, 0.3) is 0 Å². The fourth-order valence-electron chi connectivity index (χ4n) is 2.69. The number of nitrogens with zero attached hydrogens (tertiary/aromatic N) is 1. The Kier molecular flexibility index (Phi) is 4.25. The molecule has 2 rings (SSSR count).